The van der Waals surface area contributed by atoms with Crippen molar-refractivity contribution in [3.8, 4) is 0 Å². The van der Waals surface area contributed by atoms with E-state index in [0.29, 0.717) is 19.3 Å². The summed E-state index contributed by atoms with van der Waals surface area (Å²) in [5.74, 6) is -10.9. The first-order valence-corrected chi connectivity index (χ1v) is 11.5. The van der Waals surface area contributed by atoms with Crippen LogP contribution in [0.25, 0.3) is 0 Å². The van der Waals surface area contributed by atoms with Gasteiger partial charge in [0.1, 0.15) is 6.17 Å². The summed E-state index contributed by atoms with van der Waals surface area (Å²) in [6.45, 7) is 1.94. The molecule has 0 heterocycles. The molecule has 182 valence electrons. The highest BCUT2D eigenvalue weighted by Crippen LogP contribution is 2.54. The number of halogens is 8. The van der Waals surface area contributed by atoms with E-state index in [4.69, 9.17) is 0 Å². The summed E-state index contributed by atoms with van der Waals surface area (Å²) in [6, 6.07) is 0. The van der Waals surface area contributed by atoms with Gasteiger partial charge in [-0.3, -0.25) is 4.74 Å². The van der Waals surface area contributed by atoms with Gasteiger partial charge >= 0.3 is 18.2 Å². The minimum atomic E-state index is -4.90. The number of hydrogen-bond donors (Lipinski definition) is 0. The van der Waals surface area contributed by atoms with Gasteiger partial charge in [0.15, 0.2) is 0 Å². The Morgan fingerprint density at radius 3 is 1.52 bits per heavy atom. The van der Waals surface area contributed by atoms with Gasteiger partial charge in [-0.15, -0.1) is 13.2 Å². The molecule has 0 spiro atoms. The molecule has 3 saturated carbocycles. The lowest BCUT2D eigenvalue weighted by atomic mass is 9.67. The van der Waals surface area contributed by atoms with E-state index in [1.54, 1.807) is 0 Å². The zero-order chi connectivity index (χ0) is 23.0. The summed E-state index contributed by atoms with van der Waals surface area (Å²) < 4.78 is 114. The van der Waals surface area contributed by atoms with Crippen LogP contribution >= 0.6 is 0 Å². The standard InChI is InChI=1S/C22H32F8O/c1-13-2-7-16(8-3-13)20(24,25)21(26,27)17-9-4-14(5-10-17)15-6-11-19(18(23)12-15)31-22(28,29)30/h13-19H,2-12H2,1H3. The summed E-state index contributed by atoms with van der Waals surface area (Å²) in [6.07, 6.45) is -6.34. The van der Waals surface area contributed by atoms with Crippen LogP contribution < -0.4 is 0 Å². The molecule has 0 aromatic heterocycles. The van der Waals surface area contributed by atoms with Crippen molar-refractivity contribution in [2.75, 3.05) is 0 Å². The number of rotatable bonds is 5. The van der Waals surface area contributed by atoms with Gasteiger partial charge < -0.3 is 0 Å². The lowest BCUT2D eigenvalue weighted by Gasteiger charge is -2.44. The van der Waals surface area contributed by atoms with Gasteiger partial charge in [0.2, 0.25) is 0 Å². The molecule has 0 bridgehead atoms. The van der Waals surface area contributed by atoms with E-state index in [1.165, 1.54) is 0 Å². The topological polar surface area (TPSA) is 9.23 Å². The maximum absolute atomic E-state index is 14.9. The van der Waals surface area contributed by atoms with Crippen molar-refractivity contribution in [1.82, 2.24) is 0 Å². The fraction of sp³-hybridized carbons (Fsp3) is 1.00. The predicted molar refractivity (Wildman–Crippen MR) is 99.6 cm³/mol. The fourth-order valence-electron chi connectivity index (χ4n) is 5.97. The molecule has 0 aromatic carbocycles. The molecule has 0 saturated heterocycles. The van der Waals surface area contributed by atoms with Gasteiger partial charge in [-0.2, -0.15) is 17.6 Å². The van der Waals surface area contributed by atoms with E-state index in [1.807, 2.05) is 6.92 Å². The van der Waals surface area contributed by atoms with Crippen LogP contribution in [-0.2, 0) is 4.74 Å². The Morgan fingerprint density at radius 1 is 0.613 bits per heavy atom. The largest absolute Gasteiger partial charge is 0.522 e. The highest BCUT2D eigenvalue weighted by Gasteiger charge is 2.64. The summed E-state index contributed by atoms with van der Waals surface area (Å²) in [5, 5.41) is 0. The number of ether oxygens (including phenoxy) is 1. The molecule has 0 aromatic rings. The lowest BCUT2D eigenvalue weighted by molar-refractivity contribution is -0.352. The third-order valence-electron chi connectivity index (χ3n) is 7.96. The summed E-state index contributed by atoms with van der Waals surface area (Å²) in [4.78, 5) is 0. The Bertz CT molecular complexity index is 577. The molecule has 31 heavy (non-hydrogen) atoms. The average Bonchev–Trinajstić information content (AvgIpc) is 2.69. The molecular weight excluding hydrogens is 432 g/mol. The maximum Gasteiger partial charge on any atom is 0.522 e. The molecule has 3 rings (SSSR count). The van der Waals surface area contributed by atoms with Crippen LogP contribution in [0.5, 0.6) is 0 Å². The van der Waals surface area contributed by atoms with Gasteiger partial charge in [0, 0.05) is 11.8 Å². The SMILES string of the molecule is CC1CCC(C(F)(F)C(F)(F)C2CCC(C3CCC(OC(F)(F)F)C(F)C3)CC2)CC1. The number of alkyl halides is 8. The van der Waals surface area contributed by atoms with Crippen LogP contribution in [-0.4, -0.2) is 30.5 Å². The molecule has 0 aliphatic heterocycles. The molecule has 0 amide bonds. The normalized spacial score (nSPS) is 38.8. The smallest absolute Gasteiger partial charge is 0.286 e. The van der Waals surface area contributed by atoms with Gasteiger partial charge in [-0.05, 0) is 75.5 Å². The van der Waals surface area contributed by atoms with Gasteiger partial charge in [0.25, 0.3) is 0 Å². The minimum Gasteiger partial charge on any atom is -0.286 e. The molecule has 3 aliphatic rings. The van der Waals surface area contributed by atoms with Crippen LogP contribution in [0.3, 0.4) is 0 Å². The first-order chi connectivity index (χ1) is 14.3. The van der Waals surface area contributed by atoms with Gasteiger partial charge in [0.05, 0.1) is 6.10 Å². The van der Waals surface area contributed by atoms with Crippen molar-refractivity contribution < 1.29 is 39.9 Å². The second-order valence-corrected chi connectivity index (χ2v) is 10.0. The van der Waals surface area contributed by atoms with Crippen molar-refractivity contribution in [2.24, 2.45) is 29.6 Å². The van der Waals surface area contributed by atoms with E-state index in [0.717, 1.165) is 0 Å². The molecule has 0 radical (unpaired) electrons. The second kappa shape index (κ2) is 9.34. The maximum atomic E-state index is 14.9. The average molecular weight is 464 g/mol. The third-order valence-corrected chi connectivity index (χ3v) is 7.96. The molecule has 3 atom stereocenters. The first-order valence-electron chi connectivity index (χ1n) is 11.5. The van der Waals surface area contributed by atoms with Crippen LogP contribution in [0, 0.1) is 29.6 Å². The van der Waals surface area contributed by atoms with Crippen molar-refractivity contribution in [1.29, 1.82) is 0 Å². The van der Waals surface area contributed by atoms with Crippen molar-refractivity contribution >= 4 is 0 Å². The molecule has 3 fully saturated rings. The molecule has 1 nitrogen and oxygen atoms in total. The van der Waals surface area contributed by atoms with Gasteiger partial charge in [-0.1, -0.05) is 19.8 Å². The van der Waals surface area contributed by atoms with E-state index in [2.05, 4.69) is 4.74 Å². The molecule has 0 N–H and O–H groups in total. The van der Waals surface area contributed by atoms with Crippen molar-refractivity contribution in [3.63, 3.8) is 0 Å². The molecule has 3 aliphatic carbocycles. The van der Waals surface area contributed by atoms with E-state index in [9.17, 15) is 35.1 Å². The summed E-state index contributed by atoms with van der Waals surface area (Å²) >= 11 is 0. The van der Waals surface area contributed by atoms with Gasteiger partial charge in [-0.25, -0.2) is 4.39 Å². The molecular formula is C22H32F8O. The van der Waals surface area contributed by atoms with Crippen molar-refractivity contribution in [3.05, 3.63) is 0 Å². The monoisotopic (exact) mass is 464 g/mol. The Labute approximate surface area is 178 Å². The fourth-order valence-corrected chi connectivity index (χ4v) is 5.97. The highest BCUT2D eigenvalue weighted by atomic mass is 19.4. The van der Waals surface area contributed by atoms with Crippen molar-refractivity contribution in [2.45, 2.75) is 108 Å². The third kappa shape index (κ3) is 5.67. The minimum absolute atomic E-state index is 0.0632. The van der Waals surface area contributed by atoms with Crippen LogP contribution in [0.4, 0.5) is 35.1 Å². The molecule has 9 heteroatoms. The van der Waals surface area contributed by atoms with Crippen LogP contribution in [0.15, 0.2) is 0 Å². The summed E-state index contributed by atoms with van der Waals surface area (Å²) in [7, 11) is 0. The van der Waals surface area contributed by atoms with E-state index < -0.39 is 42.3 Å². The Morgan fingerprint density at radius 2 is 1.06 bits per heavy atom. The second-order valence-electron chi connectivity index (χ2n) is 10.0. The highest BCUT2D eigenvalue weighted by molar-refractivity contribution is 4.98. The first kappa shape index (κ1) is 25.0. The van der Waals surface area contributed by atoms with E-state index in [-0.39, 0.29) is 69.1 Å². The van der Waals surface area contributed by atoms with Crippen LogP contribution in [0.2, 0.25) is 0 Å². The van der Waals surface area contributed by atoms with E-state index >= 15 is 0 Å². The molecule has 3 unspecified atom stereocenters. The zero-order valence-corrected chi connectivity index (χ0v) is 17.8. The lowest BCUT2D eigenvalue weighted by Crippen LogP contribution is -2.52. The quantitative estimate of drug-likeness (QED) is 0.376. The summed E-state index contributed by atoms with van der Waals surface area (Å²) in [5.41, 5.74) is 0. The Kier molecular flexibility index (Phi) is 7.54. The van der Waals surface area contributed by atoms with Crippen LogP contribution in [0.1, 0.15) is 77.6 Å². The Hall–Kier alpha value is -0.600. The predicted octanol–water partition coefficient (Wildman–Crippen LogP) is 7.93. The zero-order valence-electron chi connectivity index (χ0n) is 17.8. The number of hydrogen-bond acceptors (Lipinski definition) is 1. The Balaban J connectivity index is 1.53.